The molecule has 3 rings (SSSR count). The van der Waals surface area contributed by atoms with Crippen molar-refractivity contribution in [1.82, 2.24) is 0 Å². The molecule has 0 fully saturated rings. The molecule has 0 amide bonds. The van der Waals surface area contributed by atoms with Gasteiger partial charge in [0.25, 0.3) is 0 Å². The molecule has 3 aromatic carbocycles. The highest BCUT2D eigenvalue weighted by molar-refractivity contribution is 5.72. The molecule has 0 bridgehead atoms. The van der Waals surface area contributed by atoms with Gasteiger partial charge >= 0.3 is 0 Å². The van der Waals surface area contributed by atoms with Crippen LogP contribution in [0.5, 0.6) is 5.75 Å². The number of hydrogen-bond acceptors (Lipinski definition) is 3. The monoisotopic (exact) mass is 432 g/mol. The van der Waals surface area contributed by atoms with Crippen molar-refractivity contribution in [2.24, 2.45) is 0 Å². The molecule has 0 saturated carbocycles. The summed E-state index contributed by atoms with van der Waals surface area (Å²) in [5, 5.41) is 21.1. The fourth-order valence-corrected chi connectivity index (χ4v) is 4.43. The lowest BCUT2D eigenvalue weighted by Crippen LogP contribution is -2.26. The van der Waals surface area contributed by atoms with Gasteiger partial charge in [0.15, 0.2) is 0 Å². The van der Waals surface area contributed by atoms with Crippen molar-refractivity contribution >= 4 is 0 Å². The average Bonchev–Trinajstić information content (AvgIpc) is 2.83. The number of benzene rings is 3. The highest BCUT2D eigenvalue weighted by Crippen LogP contribution is 2.37. The Bertz CT molecular complexity index is 1030. The predicted molar refractivity (Wildman–Crippen MR) is 132 cm³/mol. The molecule has 0 saturated heterocycles. The van der Waals surface area contributed by atoms with Crippen LogP contribution in [-0.4, -0.2) is 10.2 Å². The molecule has 2 N–H and O–H groups in total. The number of rotatable bonds is 10. The highest BCUT2D eigenvalue weighted by atomic mass is 16.5. The van der Waals surface area contributed by atoms with E-state index in [1.807, 2.05) is 38.1 Å². The predicted octanol–water partition coefficient (Wildman–Crippen LogP) is 6.69. The summed E-state index contributed by atoms with van der Waals surface area (Å²) in [7, 11) is 0. The van der Waals surface area contributed by atoms with Gasteiger partial charge in [-0.3, -0.25) is 0 Å². The van der Waals surface area contributed by atoms with Gasteiger partial charge < -0.3 is 14.9 Å². The van der Waals surface area contributed by atoms with Crippen LogP contribution in [-0.2, 0) is 25.2 Å². The largest absolute Gasteiger partial charge is 0.489 e. The van der Waals surface area contributed by atoms with Crippen LogP contribution in [0.2, 0.25) is 0 Å². The summed E-state index contributed by atoms with van der Waals surface area (Å²) in [5.74, 6) is 0.672. The number of aliphatic hydroxyl groups excluding tert-OH is 1. The second-order valence-electron chi connectivity index (χ2n) is 8.52. The first-order valence-electron chi connectivity index (χ1n) is 11.7. The maximum Gasteiger partial charge on any atom is 0.125 e. The molecule has 0 radical (unpaired) electrons. The Labute approximate surface area is 192 Å². The Kier molecular flexibility index (Phi) is 8.11. The van der Waals surface area contributed by atoms with Crippen LogP contribution >= 0.6 is 0 Å². The van der Waals surface area contributed by atoms with E-state index in [9.17, 15) is 10.2 Å². The van der Waals surface area contributed by atoms with E-state index in [2.05, 4.69) is 50.2 Å². The summed E-state index contributed by atoms with van der Waals surface area (Å²) in [5.41, 5.74) is 6.69. The second kappa shape index (κ2) is 10.8. The van der Waals surface area contributed by atoms with Crippen LogP contribution in [0.15, 0.2) is 60.7 Å². The van der Waals surface area contributed by atoms with E-state index < -0.39 is 5.60 Å². The van der Waals surface area contributed by atoms with Crippen molar-refractivity contribution in [2.75, 3.05) is 0 Å². The van der Waals surface area contributed by atoms with Gasteiger partial charge in [0, 0.05) is 5.56 Å². The Morgan fingerprint density at radius 3 is 2.12 bits per heavy atom. The molecule has 0 spiro atoms. The van der Waals surface area contributed by atoms with Gasteiger partial charge in [-0.15, -0.1) is 0 Å². The summed E-state index contributed by atoms with van der Waals surface area (Å²) in [4.78, 5) is 0. The number of aryl methyl sites for hydroxylation is 2. The summed E-state index contributed by atoms with van der Waals surface area (Å²) in [6.07, 6.45) is 3.39. The smallest absolute Gasteiger partial charge is 0.125 e. The van der Waals surface area contributed by atoms with Crippen molar-refractivity contribution in [3.8, 4) is 16.9 Å². The van der Waals surface area contributed by atoms with E-state index in [1.54, 1.807) is 0 Å². The topological polar surface area (TPSA) is 49.7 Å². The zero-order valence-electron chi connectivity index (χ0n) is 19.8. The van der Waals surface area contributed by atoms with Crippen molar-refractivity contribution in [3.05, 3.63) is 88.5 Å². The average molecular weight is 433 g/mol. The van der Waals surface area contributed by atoms with E-state index in [1.165, 1.54) is 16.7 Å². The third kappa shape index (κ3) is 5.06. The lowest BCUT2D eigenvalue weighted by Gasteiger charge is -2.30. The van der Waals surface area contributed by atoms with Crippen LogP contribution in [0.3, 0.4) is 0 Å². The fourth-order valence-electron chi connectivity index (χ4n) is 4.43. The number of ether oxygens (including phenoxy) is 1. The van der Waals surface area contributed by atoms with Crippen LogP contribution in [0.1, 0.15) is 67.9 Å². The molecule has 0 unspecified atom stereocenters. The highest BCUT2D eigenvalue weighted by Gasteiger charge is 2.29. The lowest BCUT2D eigenvalue weighted by atomic mass is 9.82. The van der Waals surface area contributed by atoms with E-state index in [4.69, 9.17) is 4.74 Å². The number of para-hydroxylation sites is 1. The summed E-state index contributed by atoms with van der Waals surface area (Å²) >= 11 is 0. The van der Waals surface area contributed by atoms with Gasteiger partial charge in [0.1, 0.15) is 12.4 Å². The molecule has 3 heteroatoms. The molecule has 0 atom stereocenters. The van der Waals surface area contributed by atoms with E-state index in [0.717, 1.165) is 35.1 Å². The summed E-state index contributed by atoms with van der Waals surface area (Å²) in [6, 6.07) is 20.5. The Morgan fingerprint density at radius 1 is 0.812 bits per heavy atom. The molecule has 3 nitrogen and oxygen atoms in total. The van der Waals surface area contributed by atoms with Crippen molar-refractivity contribution in [3.63, 3.8) is 0 Å². The molecule has 0 aliphatic rings. The minimum Gasteiger partial charge on any atom is -0.489 e. The van der Waals surface area contributed by atoms with Crippen LogP contribution < -0.4 is 4.74 Å². The number of aliphatic hydroxyl groups is 2. The zero-order valence-corrected chi connectivity index (χ0v) is 19.8. The molecule has 0 aromatic heterocycles. The zero-order chi connectivity index (χ0) is 23.1. The fraction of sp³-hybridized carbons (Fsp3) is 0.379. The van der Waals surface area contributed by atoms with E-state index in [-0.39, 0.29) is 6.61 Å². The molecular weight excluding hydrogens is 396 g/mol. The molecule has 32 heavy (non-hydrogen) atoms. The van der Waals surface area contributed by atoms with Crippen molar-refractivity contribution in [1.29, 1.82) is 0 Å². The Balaban J connectivity index is 2.11. The minimum absolute atomic E-state index is 0.0690. The SMILES string of the molecule is CCCc1ccccc1-c1cc(COc2ccccc2CO)c(C(O)(CC)CC)cc1C. The van der Waals surface area contributed by atoms with Gasteiger partial charge in [-0.2, -0.15) is 0 Å². The van der Waals surface area contributed by atoms with Crippen molar-refractivity contribution < 1.29 is 14.9 Å². The van der Waals surface area contributed by atoms with Crippen LogP contribution in [0, 0.1) is 6.92 Å². The minimum atomic E-state index is -0.901. The molecular formula is C29H36O3. The first kappa shape index (κ1) is 24.0. The lowest BCUT2D eigenvalue weighted by molar-refractivity contribution is 0.0265. The Morgan fingerprint density at radius 2 is 1.47 bits per heavy atom. The maximum absolute atomic E-state index is 11.4. The van der Waals surface area contributed by atoms with Gasteiger partial charge in [-0.1, -0.05) is 75.7 Å². The van der Waals surface area contributed by atoms with Crippen molar-refractivity contribution in [2.45, 2.75) is 72.2 Å². The summed E-state index contributed by atoms with van der Waals surface area (Å²) in [6.45, 7) is 8.63. The standard InChI is InChI=1S/C29H36O3/c1-5-12-22-13-8-10-15-25(22)26-18-24(20-32-28-16-11-9-14-23(28)19-30)27(17-21(26)4)29(31,6-2)7-3/h8-11,13-18,30-31H,5-7,12,19-20H2,1-4H3. The number of hydrogen-bond donors (Lipinski definition) is 2. The van der Waals surface area contributed by atoms with Crippen LogP contribution in [0.4, 0.5) is 0 Å². The first-order valence-corrected chi connectivity index (χ1v) is 11.7. The maximum atomic E-state index is 11.4. The first-order chi connectivity index (χ1) is 15.5. The Hall–Kier alpha value is -2.62. The molecule has 170 valence electrons. The van der Waals surface area contributed by atoms with E-state index in [0.29, 0.717) is 25.2 Å². The van der Waals surface area contributed by atoms with Gasteiger partial charge in [-0.05, 0) is 71.7 Å². The third-order valence-corrected chi connectivity index (χ3v) is 6.47. The molecule has 3 aromatic rings. The summed E-state index contributed by atoms with van der Waals surface area (Å²) < 4.78 is 6.18. The molecule has 0 heterocycles. The van der Waals surface area contributed by atoms with Gasteiger partial charge in [-0.25, -0.2) is 0 Å². The quantitative estimate of drug-likeness (QED) is 0.375. The molecule has 0 aliphatic carbocycles. The van der Waals surface area contributed by atoms with Gasteiger partial charge in [0.05, 0.1) is 12.2 Å². The third-order valence-electron chi connectivity index (χ3n) is 6.47. The molecule has 0 aliphatic heterocycles. The van der Waals surface area contributed by atoms with Crippen LogP contribution in [0.25, 0.3) is 11.1 Å². The second-order valence-corrected chi connectivity index (χ2v) is 8.52. The van der Waals surface area contributed by atoms with Gasteiger partial charge in [0.2, 0.25) is 0 Å². The normalized spacial score (nSPS) is 11.6. The van der Waals surface area contributed by atoms with E-state index >= 15 is 0 Å².